The number of nitrogens with zero attached hydrogens (tertiary/aromatic N) is 3. The Balaban J connectivity index is 1.30. The maximum Gasteiger partial charge on any atom is 0.271 e. The van der Waals surface area contributed by atoms with Crippen molar-refractivity contribution in [1.29, 1.82) is 0 Å². The Labute approximate surface area is 192 Å². The van der Waals surface area contributed by atoms with E-state index in [0.29, 0.717) is 30.1 Å². The summed E-state index contributed by atoms with van der Waals surface area (Å²) in [5.74, 6) is 0.306. The van der Waals surface area contributed by atoms with Gasteiger partial charge < -0.3 is 14.7 Å². The van der Waals surface area contributed by atoms with E-state index in [2.05, 4.69) is 10.00 Å². The van der Waals surface area contributed by atoms with Gasteiger partial charge in [0.1, 0.15) is 24.3 Å². The summed E-state index contributed by atoms with van der Waals surface area (Å²) in [6.07, 6.45) is 4.57. The van der Waals surface area contributed by atoms with Gasteiger partial charge in [0, 0.05) is 18.2 Å². The molecule has 5 rings (SSSR count). The molecule has 1 aliphatic heterocycles. The molecule has 1 saturated heterocycles. The normalized spacial score (nSPS) is 16.7. The van der Waals surface area contributed by atoms with E-state index in [0.717, 1.165) is 36.2 Å². The van der Waals surface area contributed by atoms with Gasteiger partial charge in [-0.05, 0) is 86.3 Å². The molecular weight excluding hydrogens is 421 g/mol. The van der Waals surface area contributed by atoms with Gasteiger partial charge in [-0.1, -0.05) is 12.5 Å². The van der Waals surface area contributed by atoms with E-state index in [-0.39, 0.29) is 18.0 Å². The van der Waals surface area contributed by atoms with Crippen LogP contribution in [0.2, 0.25) is 0 Å². The zero-order chi connectivity index (χ0) is 22.8. The quantitative estimate of drug-likeness (QED) is 0.625. The number of rotatable bonds is 6. The average molecular weight is 450 g/mol. The largest absolute Gasteiger partial charge is 0.491 e. The van der Waals surface area contributed by atoms with Crippen LogP contribution in [0.1, 0.15) is 30.4 Å². The highest BCUT2D eigenvalue weighted by Crippen LogP contribution is 2.31. The molecule has 0 spiro atoms. The number of fused-ring (bicyclic) bond motifs is 3. The molecule has 2 aliphatic rings. The number of benzene rings is 2. The summed E-state index contributed by atoms with van der Waals surface area (Å²) in [6, 6.07) is 13.4. The number of aryl methyl sites for hydroxylation is 2. The van der Waals surface area contributed by atoms with Crippen LogP contribution in [0, 0.1) is 5.82 Å². The van der Waals surface area contributed by atoms with E-state index >= 15 is 0 Å². The summed E-state index contributed by atoms with van der Waals surface area (Å²) in [6.45, 7) is 2.90. The van der Waals surface area contributed by atoms with Gasteiger partial charge in [-0.2, -0.15) is 9.78 Å². The van der Waals surface area contributed by atoms with Crippen molar-refractivity contribution in [2.24, 2.45) is 0 Å². The molecule has 0 amide bonds. The lowest BCUT2D eigenvalue weighted by Crippen LogP contribution is -2.38. The minimum absolute atomic E-state index is 0.217. The lowest BCUT2D eigenvalue weighted by molar-refractivity contribution is 0.0617. The van der Waals surface area contributed by atoms with Gasteiger partial charge in [-0.3, -0.25) is 4.79 Å². The number of hydrogen-bond acceptors (Lipinski definition) is 5. The first kappa shape index (κ1) is 21.8. The summed E-state index contributed by atoms with van der Waals surface area (Å²) >= 11 is 0. The number of aromatic nitrogens is 2. The maximum atomic E-state index is 13.9. The standard InChI is InChI=1S/C26H28FN3O3/c27-20-7-6-18-4-5-19-14-25(32)30(28-26(19)24(18)15-20)21-8-10-23(11-9-21)33-17-22(31)16-29-12-2-1-3-13-29/h6-11,14-15,22,31H,1-5,12-13,16-17H2. The number of likely N-dealkylation sites (tertiary alicyclic amines) is 1. The molecule has 1 N–H and O–H groups in total. The van der Waals surface area contributed by atoms with Crippen LogP contribution in [0.3, 0.4) is 0 Å². The van der Waals surface area contributed by atoms with Crippen molar-refractivity contribution < 1.29 is 14.2 Å². The second kappa shape index (κ2) is 9.45. The second-order valence-corrected chi connectivity index (χ2v) is 8.89. The molecule has 7 heteroatoms. The van der Waals surface area contributed by atoms with Crippen LogP contribution in [0.25, 0.3) is 16.9 Å². The van der Waals surface area contributed by atoms with E-state index in [1.165, 1.54) is 36.1 Å². The molecule has 2 heterocycles. The molecule has 33 heavy (non-hydrogen) atoms. The van der Waals surface area contributed by atoms with Crippen LogP contribution < -0.4 is 10.3 Å². The predicted molar refractivity (Wildman–Crippen MR) is 124 cm³/mol. The summed E-state index contributed by atoms with van der Waals surface area (Å²) in [5, 5.41) is 14.9. The number of piperidine rings is 1. The summed E-state index contributed by atoms with van der Waals surface area (Å²) < 4.78 is 21.0. The van der Waals surface area contributed by atoms with Crippen LogP contribution in [0.4, 0.5) is 4.39 Å². The van der Waals surface area contributed by atoms with E-state index in [4.69, 9.17) is 4.74 Å². The molecule has 6 nitrogen and oxygen atoms in total. The monoisotopic (exact) mass is 449 g/mol. The number of ether oxygens (including phenoxy) is 1. The van der Waals surface area contributed by atoms with Gasteiger partial charge in [-0.15, -0.1) is 0 Å². The molecular formula is C26H28FN3O3. The van der Waals surface area contributed by atoms with Crippen molar-refractivity contribution in [1.82, 2.24) is 14.7 Å². The molecule has 1 aliphatic carbocycles. The fourth-order valence-electron chi connectivity index (χ4n) is 4.72. The third-order valence-corrected chi connectivity index (χ3v) is 6.44. The van der Waals surface area contributed by atoms with Gasteiger partial charge in [0.15, 0.2) is 0 Å². The smallest absolute Gasteiger partial charge is 0.271 e. The van der Waals surface area contributed by atoms with Crippen molar-refractivity contribution in [3.05, 3.63) is 75.8 Å². The zero-order valence-electron chi connectivity index (χ0n) is 18.5. The van der Waals surface area contributed by atoms with Gasteiger partial charge in [0.25, 0.3) is 5.56 Å². The van der Waals surface area contributed by atoms with Gasteiger partial charge in [0.05, 0.1) is 11.4 Å². The molecule has 0 radical (unpaired) electrons. The van der Waals surface area contributed by atoms with Crippen LogP contribution in [0.5, 0.6) is 5.75 Å². The SMILES string of the molecule is O=c1cc2c(nn1-c1ccc(OCC(O)CN3CCCCC3)cc1)-c1cc(F)ccc1CC2. The zero-order valence-corrected chi connectivity index (χ0v) is 18.5. The Morgan fingerprint density at radius 1 is 1.00 bits per heavy atom. The summed E-state index contributed by atoms with van der Waals surface area (Å²) in [4.78, 5) is 15.0. The second-order valence-electron chi connectivity index (χ2n) is 8.89. The number of aliphatic hydroxyl groups excluding tert-OH is 1. The molecule has 172 valence electrons. The highest BCUT2D eigenvalue weighted by atomic mass is 19.1. The van der Waals surface area contributed by atoms with Crippen molar-refractivity contribution in [3.8, 4) is 22.7 Å². The fraction of sp³-hybridized carbons (Fsp3) is 0.385. The first-order chi connectivity index (χ1) is 16.1. The lowest BCUT2D eigenvalue weighted by Gasteiger charge is -2.28. The molecule has 0 saturated carbocycles. The molecule has 1 aromatic heterocycles. The molecule has 2 aromatic carbocycles. The highest BCUT2D eigenvalue weighted by molar-refractivity contribution is 5.69. The van der Waals surface area contributed by atoms with E-state index in [1.807, 2.05) is 0 Å². The Hall–Kier alpha value is -3.03. The fourth-order valence-corrected chi connectivity index (χ4v) is 4.72. The molecule has 0 bridgehead atoms. The van der Waals surface area contributed by atoms with Gasteiger partial charge in [-0.25, -0.2) is 4.39 Å². The van der Waals surface area contributed by atoms with Crippen molar-refractivity contribution in [2.75, 3.05) is 26.2 Å². The Morgan fingerprint density at radius 2 is 1.76 bits per heavy atom. The molecule has 1 atom stereocenters. The van der Waals surface area contributed by atoms with Gasteiger partial charge >= 0.3 is 0 Å². The average Bonchev–Trinajstić information content (AvgIpc) is 2.83. The molecule has 3 aromatic rings. The number of aliphatic hydroxyl groups is 1. The minimum Gasteiger partial charge on any atom is -0.491 e. The first-order valence-corrected chi connectivity index (χ1v) is 11.6. The van der Waals surface area contributed by atoms with E-state index in [1.54, 1.807) is 36.4 Å². The van der Waals surface area contributed by atoms with Crippen LogP contribution in [0.15, 0.2) is 53.3 Å². The third-order valence-electron chi connectivity index (χ3n) is 6.44. The van der Waals surface area contributed by atoms with Crippen molar-refractivity contribution >= 4 is 0 Å². The number of halogens is 1. The Bertz CT molecular complexity index is 1190. The Morgan fingerprint density at radius 3 is 2.55 bits per heavy atom. The number of β-amino-alcohol motifs (C(OH)–C–C–N with tert-alkyl or cyclic N) is 1. The van der Waals surface area contributed by atoms with Gasteiger partial charge in [0.2, 0.25) is 0 Å². The maximum absolute atomic E-state index is 13.9. The summed E-state index contributed by atoms with van der Waals surface area (Å²) in [5.41, 5.74) is 3.65. The lowest BCUT2D eigenvalue weighted by atomic mass is 9.89. The topological polar surface area (TPSA) is 67.6 Å². The molecule has 1 fully saturated rings. The highest BCUT2D eigenvalue weighted by Gasteiger charge is 2.20. The van der Waals surface area contributed by atoms with Crippen molar-refractivity contribution in [2.45, 2.75) is 38.2 Å². The molecule has 1 unspecified atom stereocenters. The van der Waals surface area contributed by atoms with Crippen LogP contribution in [-0.2, 0) is 12.8 Å². The van der Waals surface area contributed by atoms with E-state index in [9.17, 15) is 14.3 Å². The first-order valence-electron chi connectivity index (χ1n) is 11.6. The van der Waals surface area contributed by atoms with E-state index < -0.39 is 6.10 Å². The van der Waals surface area contributed by atoms with Crippen LogP contribution in [-0.4, -0.2) is 52.1 Å². The minimum atomic E-state index is -0.548. The van der Waals surface area contributed by atoms with Crippen LogP contribution >= 0.6 is 0 Å². The number of hydrogen-bond donors (Lipinski definition) is 1. The predicted octanol–water partition coefficient (Wildman–Crippen LogP) is 3.36. The summed E-state index contributed by atoms with van der Waals surface area (Å²) in [7, 11) is 0. The van der Waals surface area contributed by atoms with Crippen molar-refractivity contribution in [3.63, 3.8) is 0 Å². The third kappa shape index (κ3) is 4.84. The Kier molecular flexibility index (Phi) is 6.24.